The summed E-state index contributed by atoms with van der Waals surface area (Å²) < 4.78 is 67.6. The molecule has 1 aliphatic rings. The highest BCUT2D eigenvalue weighted by Gasteiger charge is 2.39. The number of anilines is 1. The molecule has 2 N–H and O–H groups in total. The van der Waals surface area contributed by atoms with Crippen molar-refractivity contribution in [1.82, 2.24) is 24.7 Å². The van der Waals surface area contributed by atoms with E-state index in [-0.39, 0.29) is 30.2 Å². The Morgan fingerprint density at radius 2 is 1.97 bits per heavy atom. The Labute approximate surface area is 167 Å². The van der Waals surface area contributed by atoms with Crippen LogP contribution in [0, 0.1) is 0 Å². The van der Waals surface area contributed by atoms with Gasteiger partial charge in [-0.3, -0.25) is 4.90 Å². The molecule has 1 aliphatic heterocycles. The third-order valence-corrected chi connectivity index (χ3v) is 4.82. The van der Waals surface area contributed by atoms with E-state index in [2.05, 4.69) is 20.6 Å². The quantitative estimate of drug-likeness (QED) is 0.624. The highest BCUT2D eigenvalue weighted by Crippen LogP contribution is 2.37. The predicted molar refractivity (Wildman–Crippen MR) is 97.4 cm³/mol. The smallest absolute Gasteiger partial charge is 0.416 e. The number of nitrogens with one attached hydrogen (secondary N) is 1. The first-order valence-electron chi connectivity index (χ1n) is 8.97. The van der Waals surface area contributed by atoms with Crippen molar-refractivity contribution in [1.29, 1.82) is 0 Å². The summed E-state index contributed by atoms with van der Waals surface area (Å²) >= 11 is 0. The molecule has 7 nitrogen and oxygen atoms in total. The Morgan fingerprint density at radius 1 is 1.20 bits per heavy atom. The maximum absolute atomic E-state index is 13.9. The van der Waals surface area contributed by atoms with Crippen molar-refractivity contribution in [3.05, 3.63) is 36.0 Å². The van der Waals surface area contributed by atoms with Gasteiger partial charge in [-0.1, -0.05) is 0 Å². The molecule has 0 amide bonds. The second-order valence-electron chi connectivity index (χ2n) is 7.33. The van der Waals surface area contributed by atoms with Gasteiger partial charge in [0.25, 0.3) is 5.92 Å². The largest absolute Gasteiger partial charge is 0.507 e. The molecule has 0 saturated carbocycles. The molecule has 4 rings (SSSR count). The van der Waals surface area contributed by atoms with Gasteiger partial charge in [-0.25, -0.2) is 8.78 Å². The molecule has 1 aromatic carbocycles. The van der Waals surface area contributed by atoms with E-state index in [4.69, 9.17) is 0 Å². The number of alkyl halides is 5. The lowest BCUT2D eigenvalue weighted by Gasteiger charge is -2.35. The van der Waals surface area contributed by atoms with Gasteiger partial charge in [0.2, 0.25) is 5.95 Å². The summed E-state index contributed by atoms with van der Waals surface area (Å²) in [5, 5.41) is 25.1. The lowest BCUT2D eigenvalue weighted by molar-refractivity contribution is -0.137. The van der Waals surface area contributed by atoms with Gasteiger partial charge in [0.15, 0.2) is 0 Å². The van der Waals surface area contributed by atoms with E-state index in [9.17, 15) is 27.1 Å². The van der Waals surface area contributed by atoms with Crippen LogP contribution in [-0.4, -0.2) is 61.9 Å². The number of hydrogen-bond donors (Lipinski definition) is 2. The van der Waals surface area contributed by atoms with E-state index in [1.165, 1.54) is 21.7 Å². The SMILES string of the molecule is CN1C[C@H](Nc2nnc(-c3ccc(C(F)(F)F)cc3O)c3ccnn23)CC(F)(F)C1. The van der Waals surface area contributed by atoms with Crippen LogP contribution in [0.25, 0.3) is 16.8 Å². The maximum atomic E-state index is 13.9. The van der Waals surface area contributed by atoms with Crippen molar-refractivity contribution in [3.8, 4) is 17.0 Å². The fourth-order valence-electron chi connectivity index (χ4n) is 3.64. The van der Waals surface area contributed by atoms with Gasteiger partial charge in [-0.15, -0.1) is 10.2 Å². The minimum atomic E-state index is -4.60. The first-order valence-corrected chi connectivity index (χ1v) is 8.97. The van der Waals surface area contributed by atoms with E-state index in [1.54, 1.807) is 7.05 Å². The van der Waals surface area contributed by atoms with Crippen molar-refractivity contribution < 1.29 is 27.1 Å². The molecule has 0 radical (unpaired) electrons. The molecular formula is C18H17F5N6O. The van der Waals surface area contributed by atoms with Gasteiger partial charge in [-0.05, 0) is 31.3 Å². The summed E-state index contributed by atoms with van der Waals surface area (Å²) in [5.74, 6) is -3.36. The summed E-state index contributed by atoms with van der Waals surface area (Å²) in [6.07, 6.45) is -3.57. The average Bonchev–Trinajstić information content (AvgIpc) is 3.10. The highest BCUT2D eigenvalue weighted by atomic mass is 19.4. The number of likely N-dealkylation sites (tertiary alicyclic amines) is 1. The molecule has 3 aromatic rings. The summed E-state index contributed by atoms with van der Waals surface area (Å²) in [7, 11) is 1.59. The third kappa shape index (κ3) is 3.86. The molecule has 3 heterocycles. The molecule has 1 atom stereocenters. The molecule has 1 saturated heterocycles. The van der Waals surface area contributed by atoms with Crippen LogP contribution >= 0.6 is 0 Å². The molecule has 0 aliphatic carbocycles. The number of aromatic hydroxyl groups is 1. The van der Waals surface area contributed by atoms with Crippen LogP contribution in [0.3, 0.4) is 0 Å². The number of fused-ring (bicyclic) bond motifs is 1. The Balaban J connectivity index is 1.68. The van der Waals surface area contributed by atoms with Crippen LogP contribution in [0.2, 0.25) is 0 Å². The Kier molecular flexibility index (Phi) is 4.76. The molecular weight excluding hydrogens is 411 g/mol. The van der Waals surface area contributed by atoms with Crippen LogP contribution in [0.1, 0.15) is 12.0 Å². The lowest BCUT2D eigenvalue weighted by Crippen LogP contribution is -2.50. The van der Waals surface area contributed by atoms with Gasteiger partial charge >= 0.3 is 6.18 Å². The second kappa shape index (κ2) is 7.04. The third-order valence-electron chi connectivity index (χ3n) is 4.82. The fourth-order valence-corrected chi connectivity index (χ4v) is 3.64. The monoisotopic (exact) mass is 428 g/mol. The minimum absolute atomic E-state index is 0.0384. The van der Waals surface area contributed by atoms with Crippen molar-refractivity contribution >= 4 is 11.5 Å². The van der Waals surface area contributed by atoms with Crippen molar-refractivity contribution in [2.24, 2.45) is 0 Å². The molecule has 2 aromatic heterocycles. The number of likely N-dealkylation sites (N-methyl/N-ethyl adjacent to an activating group) is 1. The van der Waals surface area contributed by atoms with E-state index < -0.39 is 29.5 Å². The standard InChI is InChI=1S/C18H17F5N6O/c1-28-8-11(7-17(19,20)9-28)25-16-27-26-15(13-4-5-24-29(13)16)12-3-2-10(6-14(12)30)18(21,22)23/h2-6,11,30H,7-9H2,1H3,(H,25,27)/t11-/m1/s1. The average molecular weight is 428 g/mol. The summed E-state index contributed by atoms with van der Waals surface area (Å²) in [4.78, 5) is 1.50. The van der Waals surface area contributed by atoms with E-state index >= 15 is 0 Å². The number of phenols is 1. The van der Waals surface area contributed by atoms with Crippen LogP contribution in [0.4, 0.5) is 27.9 Å². The van der Waals surface area contributed by atoms with E-state index in [1.807, 2.05) is 0 Å². The zero-order valence-corrected chi connectivity index (χ0v) is 15.7. The second-order valence-corrected chi connectivity index (χ2v) is 7.33. The van der Waals surface area contributed by atoms with Crippen molar-refractivity contribution in [2.75, 3.05) is 25.5 Å². The molecule has 0 spiro atoms. The Morgan fingerprint density at radius 3 is 2.63 bits per heavy atom. The number of phenolic OH excluding ortho intramolecular Hbond substituents is 1. The number of halogens is 5. The number of hydrogen-bond acceptors (Lipinski definition) is 6. The summed E-state index contributed by atoms with van der Waals surface area (Å²) in [5.41, 5.74) is -0.507. The van der Waals surface area contributed by atoms with Crippen LogP contribution < -0.4 is 5.32 Å². The minimum Gasteiger partial charge on any atom is -0.507 e. The predicted octanol–water partition coefficient (Wildman–Crippen LogP) is 3.27. The number of nitrogens with zero attached hydrogens (tertiary/aromatic N) is 5. The zero-order chi connectivity index (χ0) is 21.7. The maximum Gasteiger partial charge on any atom is 0.416 e. The lowest BCUT2D eigenvalue weighted by atomic mass is 10.0. The van der Waals surface area contributed by atoms with Gasteiger partial charge < -0.3 is 10.4 Å². The van der Waals surface area contributed by atoms with Gasteiger partial charge in [-0.2, -0.15) is 22.8 Å². The fraction of sp³-hybridized carbons (Fsp3) is 0.389. The molecule has 0 bridgehead atoms. The van der Waals surface area contributed by atoms with Crippen molar-refractivity contribution in [2.45, 2.75) is 24.6 Å². The first-order chi connectivity index (χ1) is 14.0. The Hall–Kier alpha value is -3.02. The van der Waals surface area contributed by atoms with Crippen LogP contribution in [0.5, 0.6) is 5.75 Å². The number of piperidine rings is 1. The van der Waals surface area contributed by atoms with Gasteiger partial charge in [0.05, 0.1) is 23.8 Å². The number of benzene rings is 1. The first kappa shape index (κ1) is 20.3. The van der Waals surface area contributed by atoms with Crippen LogP contribution in [0.15, 0.2) is 30.5 Å². The molecule has 12 heteroatoms. The van der Waals surface area contributed by atoms with Gasteiger partial charge in [0, 0.05) is 24.6 Å². The van der Waals surface area contributed by atoms with E-state index in [0.29, 0.717) is 18.1 Å². The van der Waals surface area contributed by atoms with Crippen molar-refractivity contribution in [3.63, 3.8) is 0 Å². The zero-order valence-electron chi connectivity index (χ0n) is 15.7. The summed E-state index contributed by atoms with van der Waals surface area (Å²) in [6.45, 7) is 0.0294. The Bertz CT molecular complexity index is 1080. The molecule has 30 heavy (non-hydrogen) atoms. The molecule has 1 fully saturated rings. The number of aromatic nitrogens is 4. The number of rotatable bonds is 3. The molecule has 160 valence electrons. The van der Waals surface area contributed by atoms with E-state index in [0.717, 1.165) is 12.1 Å². The van der Waals surface area contributed by atoms with Gasteiger partial charge in [0.1, 0.15) is 11.4 Å². The molecule has 0 unspecified atom stereocenters. The summed E-state index contributed by atoms with van der Waals surface area (Å²) in [6, 6.07) is 3.46. The topological polar surface area (TPSA) is 78.6 Å². The van der Waals surface area contributed by atoms with Crippen LogP contribution in [-0.2, 0) is 6.18 Å². The normalized spacial score (nSPS) is 19.9. The highest BCUT2D eigenvalue weighted by molar-refractivity contribution is 5.80.